The fourth-order valence-corrected chi connectivity index (χ4v) is 5.33. The number of hydrogen-bond acceptors (Lipinski definition) is 6. The molecule has 2 aliphatic carbocycles. The molecule has 3 aliphatic rings. The molecule has 1 aromatic rings. The van der Waals surface area contributed by atoms with Gasteiger partial charge in [0.1, 0.15) is 18.3 Å². The highest BCUT2D eigenvalue weighted by molar-refractivity contribution is 7.93. The van der Waals surface area contributed by atoms with E-state index in [1.54, 1.807) is 13.0 Å². The summed E-state index contributed by atoms with van der Waals surface area (Å²) in [5, 5.41) is 3.79. The van der Waals surface area contributed by atoms with Gasteiger partial charge in [0.05, 0.1) is 22.7 Å². The van der Waals surface area contributed by atoms with E-state index in [4.69, 9.17) is 4.52 Å². The first-order valence-corrected chi connectivity index (χ1v) is 12.1. The lowest BCUT2D eigenvalue weighted by Crippen LogP contribution is -2.54. The Morgan fingerprint density at radius 3 is 2.69 bits per heavy atom. The maximum absolute atomic E-state index is 13.3. The number of carbonyl (C=O) groups excluding carboxylic acids is 2. The molecule has 0 bridgehead atoms. The Morgan fingerprint density at radius 2 is 2.09 bits per heavy atom. The van der Waals surface area contributed by atoms with Gasteiger partial charge in [0.2, 0.25) is 10.0 Å². The van der Waals surface area contributed by atoms with Gasteiger partial charge in [-0.3, -0.25) is 0 Å². The Hall–Kier alpha value is -2.66. The highest BCUT2D eigenvalue weighted by Crippen LogP contribution is 2.37. The summed E-state index contributed by atoms with van der Waals surface area (Å²) in [6.07, 6.45) is 6.61. The van der Waals surface area contributed by atoms with E-state index in [0.717, 1.165) is 11.3 Å². The Bertz CT molecular complexity index is 1150. The highest BCUT2D eigenvalue weighted by atomic mass is 32.2. The van der Waals surface area contributed by atoms with Gasteiger partial charge in [0, 0.05) is 6.07 Å². The van der Waals surface area contributed by atoms with Crippen molar-refractivity contribution in [2.24, 2.45) is 5.92 Å². The number of carbonyl (C=O) groups is 2. The number of halogens is 1. The minimum Gasteiger partial charge on any atom is -0.357 e. The number of nitrogens with one attached hydrogen (secondary N) is 1. The third kappa shape index (κ3) is 4.18. The van der Waals surface area contributed by atoms with Crippen molar-refractivity contribution >= 4 is 27.7 Å². The van der Waals surface area contributed by atoms with E-state index in [1.165, 1.54) is 22.8 Å². The highest BCUT2D eigenvalue weighted by Gasteiger charge is 2.50. The van der Waals surface area contributed by atoms with Gasteiger partial charge in [-0.2, -0.15) is 14.3 Å². The molecule has 3 amide bonds. The van der Waals surface area contributed by atoms with Gasteiger partial charge in [0.25, 0.3) is 0 Å². The Balaban J connectivity index is 1.69. The molecule has 172 valence electrons. The van der Waals surface area contributed by atoms with Crippen LogP contribution in [0.5, 0.6) is 0 Å². The number of alkyl halides is 1. The van der Waals surface area contributed by atoms with E-state index < -0.39 is 40.1 Å². The van der Waals surface area contributed by atoms with Crippen LogP contribution in [0.4, 0.5) is 9.18 Å². The Kier molecular flexibility index (Phi) is 5.89. The average Bonchev–Trinajstić information content (AvgIpc) is 3.41. The number of nitrogens with zero attached hydrogens (tertiary/aromatic N) is 3. The molecule has 1 fully saturated rings. The van der Waals surface area contributed by atoms with E-state index in [2.05, 4.69) is 9.88 Å². The van der Waals surface area contributed by atoms with Crippen LogP contribution >= 0.6 is 0 Å². The van der Waals surface area contributed by atoms with E-state index in [0.29, 0.717) is 43.0 Å². The second kappa shape index (κ2) is 8.36. The lowest BCUT2D eigenvalue weighted by Gasteiger charge is -2.27. The number of fused-ring (bicyclic) bond motifs is 1. The molecular formula is C21H26FN4O5S+. The molecule has 0 radical (unpaired) electrons. The van der Waals surface area contributed by atoms with Crippen molar-refractivity contribution in [3.05, 3.63) is 40.7 Å². The number of aryl methyl sites for hydroxylation is 1. The molecule has 0 aromatic carbocycles. The number of allylic oxidation sites excluding steroid dienone is 2. The number of aromatic nitrogens is 1. The molecule has 0 spiro atoms. The molecule has 9 nitrogen and oxygen atoms in total. The van der Waals surface area contributed by atoms with Crippen molar-refractivity contribution in [1.29, 1.82) is 0 Å². The van der Waals surface area contributed by atoms with Crippen LogP contribution in [0.15, 0.2) is 33.7 Å². The van der Waals surface area contributed by atoms with Crippen molar-refractivity contribution in [3.63, 3.8) is 0 Å². The number of rotatable bonds is 9. The summed E-state index contributed by atoms with van der Waals surface area (Å²) < 4.78 is 48.0. The summed E-state index contributed by atoms with van der Waals surface area (Å²) in [5.41, 5.74) is 0.00533. The van der Waals surface area contributed by atoms with Crippen molar-refractivity contribution in [1.82, 2.24) is 14.8 Å². The van der Waals surface area contributed by atoms with Gasteiger partial charge in [-0.15, -0.1) is 0 Å². The number of unbranched alkanes of at least 4 members (excludes halogenated alkanes) is 1. The van der Waals surface area contributed by atoms with Crippen molar-refractivity contribution < 1.29 is 31.5 Å². The zero-order valence-corrected chi connectivity index (χ0v) is 18.8. The SMILES string of the molecule is CCCC[N+]1=C2C=CC(S(=O)(=O)NC3(CF)CC3)=CC2C(=O)N(Cc2cc(C)no2)C1=O. The fraction of sp³-hybridized carbons (Fsp3) is 0.524. The number of sulfonamides is 1. The minimum absolute atomic E-state index is 0.103. The van der Waals surface area contributed by atoms with Crippen LogP contribution in [0.3, 0.4) is 0 Å². The van der Waals surface area contributed by atoms with Crippen LogP contribution in [0.2, 0.25) is 0 Å². The molecule has 1 N–H and O–H groups in total. The molecule has 11 heteroatoms. The predicted octanol–water partition coefficient (Wildman–Crippen LogP) is 2.19. The van der Waals surface area contributed by atoms with Gasteiger partial charge in [0.15, 0.2) is 12.3 Å². The Labute approximate surface area is 185 Å². The van der Waals surface area contributed by atoms with E-state index in [1.807, 2.05) is 6.92 Å². The number of amides is 3. The monoisotopic (exact) mass is 465 g/mol. The first-order valence-electron chi connectivity index (χ1n) is 10.6. The summed E-state index contributed by atoms with van der Waals surface area (Å²) in [7, 11) is -4.02. The molecular weight excluding hydrogens is 439 g/mol. The normalized spacial score (nSPS) is 22.3. The minimum atomic E-state index is -4.02. The molecule has 4 rings (SSSR count). The average molecular weight is 466 g/mol. The zero-order valence-electron chi connectivity index (χ0n) is 18.0. The van der Waals surface area contributed by atoms with Gasteiger partial charge in [-0.1, -0.05) is 18.5 Å². The molecule has 32 heavy (non-hydrogen) atoms. The first-order chi connectivity index (χ1) is 15.2. The molecule has 1 atom stereocenters. The molecule has 1 saturated carbocycles. The summed E-state index contributed by atoms with van der Waals surface area (Å²) in [6.45, 7) is 3.22. The maximum atomic E-state index is 13.3. The van der Waals surface area contributed by atoms with E-state index in [9.17, 15) is 22.4 Å². The smallest absolute Gasteiger partial charge is 0.357 e. The lowest BCUT2D eigenvalue weighted by atomic mass is 9.94. The second-order valence-corrected chi connectivity index (χ2v) is 10.2. The van der Waals surface area contributed by atoms with Crippen LogP contribution in [-0.4, -0.2) is 59.5 Å². The predicted molar refractivity (Wildman–Crippen MR) is 113 cm³/mol. The summed E-state index contributed by atoms with van der Waals surface area (Å²) in [4.78, 5) is 27.4. The zero-order chi connectivity index (χ0) is 23.1. The third-order valence-electron chi connectivity index (χ3n) is 5.87. The van der Waals surface area contributed by atoms with E-state index in [-0.39, 0.29) is 11.4 Å². The lowest BCUT2D eigenvalue weighted by molar-refractivity contribution is -0.441. The molecule has 1 unspecified atom stereocenters. The van der Waals surface area contributed by atoms with E-state index >= 15 is 0 Å². The van der Waals surface area contributed by atoms with Gasteiger partial charge in [-0.05, 0) is 44.4 Å². The number of imide groups is 1. The number of hydrogen-bond donors (Lipinski definition) is 1. The third-order valence-corrected chi connectivity index (χ3v) is 7.46. The van der Waals surface area contributed by atoms with Crippen LogP contribution < -0.4 is 4.72 Å². The van der Waals surface area contributed by atoms with Crippen LogP contribution in [0, 0.1) is 12.8 Å². The molecule has 1 aliphatic heterocycles. The van der Waals surface area contributed by atoms with Crippen LogP contribution in [-0.2, 0) is 21.4 Å². The second-order valence-electron chi connectivity index (χ2n) is 8.47. The van der Waals surface area contributed by atoms with Gasteiger partial charge >= 0.3 is 11.9 Å². The maximum Gasteiger partial charge on any atom is 0.501 e. The van der Waals surface area contributed by atoms with Crippen molar-refractivity contribution in [2.75, 3.05) is 13.2 Å². The van der Waals surface area contributed by atoms with Crippen molar-refractivity contribution in [2.45, 2.75) is 51.6 Å². The summed E-state index contributed by atoms with van der Waals surface area (Å²) in [5.74, 6) is -1.15. The summed E-state index contributed by atoms with van der Waals surface area (Å²) >= 11 is 0. The molecule has 0 saturated heterocycles. The van der Waals surface area contributed by atoms with Crippen LogP contribution in [0.25, 0.3) is 0 Å². The standard InChI is InChI=1S/C21H26FN4O5S/c1-3-4-9-25-18-6-5-16(32(29,30)24-21(13-22)7-8-21)11-17(18)19(27)26(20(25)28)12-15-10-14(2)23-31-15/h5-6,10-11,17,24H,3-4,7-9,12-13H2,1-2H3/q+1. The van der Waals surface area contributed by atoms with Crippen molar-refractivity contribution in [3.8, 4) is 0 Å². The molecule has 1 aromatic heterocycles. The summed E-state index contributed by atoms with van der Waals surface area (Å²) in [6, 6.07) is 1.15. The fourth-order valence-electron chi connectivity index (χ4n) is 3.82. The molecule has 2 heterocycles. The van der Waals surface area contributed by atoms with Gasteiger partial charge in [-0.25, -0.2) is 22.3 Å². The quantitative estimate of drug-likeness (QED) is 0.560. The van der Waals surface area contributed by atoms with Crippen LogP contribution in [0.1, 0.15) is 44.1 Å². The topological polar surface area (TPSA) is 113 Å². The Morgan fingerprint density at radius 1 is 1.34 bits per heavy atom. The first kappa shape index (κ1) is 22.5. The largest absolute Gasteiger partial charge is 0.501 e. The van der Waals surface area contributed by atoms with Gasteiger partial charge < -0.3 is 4.52 Å². The number of urea groups is 1.